The van der Waals surface area contributed by atoms with Gasteiger partial charge < -0.3 is 19.9 Å². The molecule has 2 heterocycles. The summed E-state index contributed by atoms with van der Waals surface area (Å²) in [5.74, 6) is 2.24. The predicted molar refractivity (Wildman–Crippen MR) is 109 cm³/mol. The van der Waals surface area contributed by atoms with E-state index >= 15 is 0 Å². The van der Waals surface area contributed by atoms with Crippen LogP contribution in [-0.2, 0) is 0 Å². The summed E-state index contributed by atoms with van der Waals surface area (Å²) in [5.41, 5.74) is 1.98. The normalized spacial score (nSPS) is 14.1. The zero-order valence-corrected chi connectivity index (χ0v) is 15.7. The van der Waals surface area contributed by atoms with Crippen molar-refractivity contribution < 1.29 is 9.13 Å². The van der Waals surface area contributed by atoms with Gasteiger partial charge in [0.25, 0.3) is 0 Å². The topological polar surface area (TPSA) is 53.5 Å². The van der Waals surface area contributed by atoms with Crippen molar-refractivity contribution >= 4 is 23.0 Å². The molecule has 3 aromatic rings. The molecule has 1 aromatic heterocycles. The maximum absolute atomic E-state index is 13.1. The molecule has 1 fully saturated rings. The van der Waals surface area contributed by atoms with Crippen molar-refractivity contribution in [3.8, 4) is 5.75 Å². The van der Waals surface area contributed by atoms with E-state index in [9.17, 15) is 4.39 Å². The Hall–Kier alpha value is -3.35. The Bertz CT molecular complexity index is 909. The molecule has 6 nitrogen and oxygen atoms in total. The number of methoxy groups -OCH3 is 1. The highest BCUT2D eigenvalue weighted by atomic mass is 19.1. The number of nitrogens with zero attached hydrogens (tertiary/aromatic N) is 4. The van der Waals surface area contributed by atoms with Crippen LogP contribution in [0.4, 0.5) is 27.4 Å². The van der Waals surface area contributed by atoms with Gasteiger partial charge in [-0.1, -0.05) is 0 Å². The van der Waals surface area contributed by atoms with Gasteiger partial charge in [0.15, 0.2) is 0 Å². The number of piperazine rings is 1. The number of halogens is 1. The lowest BCUT2D eigenvalue weighted by Crippen LogP contribution is -2.46. The molecule has 1 N–H and O–H groups in total. The quantitative estimate of drug-likeness (QED) is 0.730. The minimum atomic E-state index is -0.208. The van der Waals surface area contributed by atoms with Crippen LogP contribution in [0.1, 0.15) is 0 Å². The van der Waals surface area contributed by atoms with E-state index in [2.05, 4.69) is 25.1 Å². The molecule has 4 rings (SSSR count). The summed E-state index contributed by atoms with van der Waals surface area (Å²) in [6.45, 7) is 3.40. The van der Waals surface area contributed by atoms with Crippen molar-refractivity contribution in [2.24, 2.45) is 0 Å². The molecule has 1 saturated heterocycles. The second-order valence-electron chi connectivity index (χ2n) is 6.57. The van der Waals surface area contributed by atoms with Gasteiger partial charge in [-0.05, 0) is 48.5 Å². The third kappa shape index (κ3) is 4.14. The lowest BCUT2D eigenvalue weighted by Gasteiger charge is -2.36. The van der Waals surface area contributed by atoms with Crippen molar-refractivity contribution in [1.82, 2.24) is 9.97 Å². The highest BCUT2D eigenvalue weighted by molar-refractivity contribution is 5.60. The van der Waals surface area contributed by atoms with Crippen molar-refractivity contribution in [3.05, 3.63) is 66.7 Å². The van der Waals surface area contributed by atoms with Crippen LogP contribution in [-0.4, -0.2) is 43.3 Å². The monoisotopic (exact) mass is 379 g/mol. The molecular formula is C21H22FN5O. The van der Waals surface area contributed by atoms with E-state index in [1.165, 1.54) is 12.1 Å². The van der Waals surface area contributed by atoms with Crippen LogP contribution in [0, 0.1) is 5.82 Å². The summed E-state index contributed by atoms with van der Waals surface area (Å²) in [4.78, 5) is 13.2. The number of benzene rings is 2. The fourth-order valence-corrected chi connectivity index (χ4v) is 3.26. The molecule has 0 amide bonds. The highest BCUT2D eigenvalue weighted by Crippen LogP contribution is 2.23. The molecule has 2 aromatic carbocycles. The molecule has 0 saturated carbocycles. The van der Waals surface area contributed by atoms with E-state index < -0.39 is 0 Å². The van der Waals surface area contributed by atoms with Gasteiger partial charge in [0.2, 0.25) is 0 Å². The molecule has 0 bridgehead atoms. The second-order valence-corrected chi connectivity index (χ2v) is 6.57. The van der Waals surface area contributed by atoms with Crippen LogP contribution in [0.2, 0.25) is 0 Å². The molecule has 1 aliphatic heterocycles. The summed E-state index contributed by atoms with van der Waals surface area (Å²) >= 11 is 0. The molecule has 28 heavy (non-hydrogen) atoms. The van der Waals surface area contributed by atoms with E-state index in [1.807, 2.05) is 42.5 Å². The first-order valence-electron chi connectivity index (χ1n) is 9.20. The molecule has 0 radical (unpaired) electrons. The first-order chi connectivity index (χ1) is 13.7. The number of ether oxygens (including phenoxy) is 1. The van der Waals surface area contributed by atoms with E-state index in [0.717, 1.165) is 54.9 Å². The SMILES string of the molecule is COc1ccc(Nc2cc(N3CCN(c4ccc(F)cc4)CC3)ncn2)cc1. The van der Waals surface area contributed by atoms with Gasteiger partial charge in [-0.3, -0.25) is 0 Å². The maximum Gasteiger partial charge on any atom is 0.135 e. The number of hydrogen-bond donors (Lipinski definition) is 1. The lowest BCUT2D eigenvalue weighted by molar-refractivity contribution is 0.415. The van der Waals surface area contributed by atoms with Crippen LogP contribution < -0.4 is 19.9 Å². The van der Waals surface area contributed by atoms with Crippen molar-refractivity contribution in [2.45, 2.75) is 0 Å². The smallest absolute Gasteiger partial charge is 0.135 e. The van der Waals surface area contributed by atoms with Gasteiger partial charge in [-0.25, -0.2) is 14.4 Å². The summed E-state index contributed by atoms with van der Waals surface area (Å²) in [5, 5.41) is 3.30. The Labute approximate surface area is 163 Å². The molecule has 144 valence electrons. The van der Waals surface area contributed by atoms with Crippen molar-refractivity contribution in [1.29, 1.82) is 0 Å². The van der Waals surface area contributed by atoms with E-state index in [0.29, 0.717) is 0 Å². The van der Waals surface area contributed by atoms with Crippen LogP contribution in [0.25, 0.3) is 0 Å². The van der Waals surface area contributed by atoms with Gasteiger partial charge in [-0.2, -0.15) is 0 Å². The lowest BCUT2D eigenvalue weighted by atomic mass is 10.2. The summed E-state index contributed by atoms with van der Waals surface area (Å²) in [7, 11) is 1.65. The molecular weight excluding hydrogens is 357 g/mol. The zero-order valence-electron chi connectivity index (χ0n) is 15.7. The van der Waals surface area contributed by atoms with Gasteiger partial charge in [0, 0.05) is 43.6 Å². The van der Waals surface area contributed by atoms with Gasteiger partial charge >= 0.3 is 0 Å². The van der Waals surface area contributed by atoms with Gasteiger partial charge in [0.1, 0.15) is 29.5 Å². The van der Waals surface area contributed by atoms with E-state index in [1.54, 1.807) is 13.4 Å². The van der Waals surface area contributed by atoms with Gasteiger partial charge in [0.05, 0.1) is 7.11 Å². The van der Waals surface area contributed by atoms with E-state index in [4.69, 9.17) is 4.74 Å². The molecule has 0 aliphatic carbocycles. The maximum atomic E-state index is 13.1. The first-order valence-corrected chi connectivity index (χ1v) is 9.20. The Kier molecular flexibility index (Phi) is 5.23. The Morgan fingerprint density at radius 1 is 0.893 bits per heavy atom. The number of anilines is 4. The summed E-state index contributed by atoms with van der Waals surface area (Å²) < 4.78 is 18.3. The molecule has 7 heteroatoms. The first kappa shape index (κ1) is 18.0. The average Bonchev–Trinajstić information content (AvgIpc) is 2.75. The standard InChI is InChI=1S/C21H22FN5O/c1-28-19-8-4-17(5-9-19)25-20-14-21(24-15-23-20)27-12-10-26(11-13-27)18-6-2-16(22)3-7-18/h2-9,14-15H,10-13H2,1H3,(H,23,24,25). The fourth-order valence-electron chi connectivity index (χ4n) is 3.26. The Morgan fingerprint density at radius 3 is 2.25 bits per heavy atom. The second kappa shape index (κ2) is 8.12. The van der Waals surface area contributed by atoms with Crippen LogP contribution in [0.15, 0.2) is 60.9 Å². The molecule has 0 unspecified atom stereocenters. The van der Waals surface area contributed by atoms with E-state index in [-0.39, 0.29) is 5.82 Å². The summed E-state index contributed by atoms with van der Waals surface area (Å²) in [6, 6.07) is 16.3. The molecule has 0 atom stereocenters. The number of hydrogen-bond acceptors (Lipinski definition) is 6. The minimum Gasteiger partial charge on any atom is -0.497 e. The molecule has 1 aliphatic rings. The number of rotatable bonds is 5. The van der Waals surface area contributed by atoms with Crippen molar-refractivity contribution in [3.63, 3.8) is 0 Å². The van der Waals surface area contributed by atoms with Crippen LogP contribution in [0.3, 0.4) is 0 Å². The number of aromatic nitrogens is 2. The molecule has 0 spiro atoms. The fraction of sp³-hybridized carbons (Fsp3) is 0.238. The number of nitrogens with one attached hydrogen (secondary N) is 1. The third-order valence-electron chi connectivity index (χ3n) is 4.81. The Morgan fingerprint density at radius 2 is 1.57 bits per heavy atom. The van der Waals surface area contributed by atoms with Crippen LogP contribution in [0.5, 0.6) is 5.75 Å². The van der Waals surface area contributed by atoms with Crippen molar-refractivity contribution in [2.75, 3.05) is 48.4 Å². The van der Waals surface area contributed by atoms with Crippen LogP contribution >= 0.6 is 0 Å². The third-order valence-corrected chi connectivity index (χ3v) is 4.81. The Balaban J connectivity index is 1.40. The summed E-state index contributed by atoms with van der Waals surface area (Å²) in [6.07, 6.45) is 1.58. The minimum absolute atomic E-state index is 0.208. The largest absolute Gasteiger partial charge is 0.497 e. The predicted octanol–water partition coefficient (Wildman–Crippen LogP) is 3.69. The average molecular weight is 379 g/mol. The zero-order chi connectivity index (χ0) is 19.3. The highest BCUT2D eigenvalue weighted by Gasteiger charge is 2.19. The van der Waals surface area contributed by atoms with Gasteiger partial charge in [-0.15, -0.1) is 0 Å².